The number of thiazole rings is 1. The van der Waals surface area contributed by atoms with Gasteiger partial charge in [-0.25, -0.2) is 14.5 Å². The minimum absolute atomic E-state index is 0.349. The van der Waals surface area contributed by atoms with Crippen molar-refractivity contribution in [3.63, 3.8) is 0 Å². The number of hydrogen-bond acceptors (Lipinski definition) is 6. The number of rotatable bonds is 5. The largest absolute Gasteiger partial charge is 0.422 e. The maximum Gasteiger partial charge on any atom is 0.345 e. The molecular weight excluding hydrogens is 516 g/mol. The zero-order valence-corrected chi connectivity index (χ0v) is 21.3. The first-order valence-electron chi connectivity index (χ1n) is 11.6. The van der Waals surface area contributed by atoms with Gasteiger partial charge in [-0.1, -0.05) is 60.1 Å². The lowest BCUT2D eigenvalue weighted by Crippen LogP contribution is -2.02. The Labute approximate surface area is 226 Å². The van der Waals surface area contributed by atoms with Crippen molar-refractivity contribution in [2.45, 2.75) is 0 Å². The van der Waals surface area contributed by atoms with E-state index in [0.717, 1.165) is 22.2 Å². The molecule has 0 radical (unpaired) electrons. The zero-order valence-electron chi connectivity index (χ0n) is 19.7. The summed E-state index contributed by atoms with van der Waals surface area (Å²) in [7, 11) is 0. The van der Waals surface area contributed by atoms with Crippen molar-refractivity contribution < 1.29 is 4.42 Å². The van der Waals surface area contributed by atoms with Crippen molar-refractivity contribution in [1.82, 2.24) is 14.8 Å². The van der Waals surface area contributed by atoms with Gasteiger partial charge in [0.1, 0.15) is 16.7 Å². The van der Waals surface area contributed by atoms with Gasteiger partial charge in [0.2, 0.25) is 0 Å². The van der Waals surface area contributed by atoms with Crippen molar-refractivity contribution in [2.24, 2.45) is 0 Å². The summed E-state index contributed by atoms with van der Waals surface area (Å²) >= 11 is 7.40. The molecule has 3 aromatic carbocycles. The fourth-order valence-electron chi connectivity index (χ4n) is 4.10. The van der Waals surface area contributed by atoms with Crippen molar-refractivity contribution in [2.75, 3.05) is 0 Å². The van der Waals surface area contributed by atoms with Crippen LogP contribution in [0.2, 0.25) is 5.02 Å². The first kappa shape index (κ1) is 23.6. The van der Waals surface area contributed by atoms with E-state index in [4.69, 9.17) is 21.1 Å². The van der Waals surface area contributed by atoms with E-state index in [1.807, 2.05) is 66.9 Å². The number of benzene rings is 3. The lowest BCUT2D eigenvalue weighted by molar-refractivity contribution is 0.563. The summed E-state index contributed by atoms with van der Waals surface area (Å²) in [5, 5.41) is 18.5. The van der Waals surface area contributed by atoms with Gasteiger partial charge < -0.3 is 4.42 Å². The second-order valence-corrected chi connectivity index (χ2v) is 9.71. The molecule has 0 bridgehead atoms. The Morgan fingerprint density at radius 3 is 2.58 bits per heavy atom. The topological polar surface area (TPSA) is 84.7 Å². The highest BCUT2D eigenvalue weighted by molar-refractivity contribution is 7.11. The van der Waals surface area contributed by atoms with Crippen molar-refractivity contribution in [3.8, 4) is 34.3 Å². The number of aromatic nitrogens is 3. The van der Waals surface area contributed by atoms with Crippen LogP contribution in [0.3, 0.4) is 0 Å². The number of nitriles is 1. The highest BCUT2D eigenvalue weighted by atomic mass is 35.5. The molecule has 0 aliphatic heterocycles. The quantitative estimate of drug-likeness (QED) is 0.170. The third kappa shape index (κ3) is 4.55. The fraction of sp³-hybridized carbons (Fsp3) is 0. The summed E-state index contributed by atoms with van der Waals surface area (Å²) in [6.45, 7) is 0. The Morgan fingerprint density at radius 1 is 1.03 bits per heavy atom. The number of hydrogen-bond donors (Lipinski definition) is 0. The Hall–Kier alpha value is -4.77. The summed E-state index contributed by atoms with van der Waals surface area (Å²) in [6, 6.07) is 28.5. The van der Waals surface area contributed by atoms with Crippen LogP contribution in [-0.4, -0.2) is 14.8 Å². The van der Waals surface area contributed by atoms with Crippen LogP contribution in [0.5, 0.6) is 0 Å². The Kier molecular flexibility index (Phi) is 6.18. The van der Waals surface area contributed by atoms with E-state index in [9.17, 15) is 10.1 Å². The second-order valence-electron chi connectivity index (χ2n) is 8.41. The van der Waals surface area contributed by atoms with Crippen LogP contribution in [0.1, 0.15) is 10.6 Å². The molecule has 0 atom stereocenters. The molecule has 0 spiro atoms. The van der Waals surface area contributed by atoms with Crippen LogP contribution in [-0.2, 0) is 0 Å². The number of nitrogens with zero attached hydrogens (tertiary/aromatic N) is 4. The highest BCUT2D eigenvalue weighted by Gasteiger charge is 2.16. The van der Waals surface area contributed by atoms with E-state index in [2.05, 4.69) is 11.1 Å². The second kappa shape index (κ2) is 9.94. The molecule has 8 heteroatoms. The maximum absolute atomic E-state index is 12.6. The van der Waals surface area contributed by atoms with Crippen molar-refractivity contribution in [3.05, 3.63) is 123 Å². The minimum Gasteiger partial charge on any atom is -0.422 e. The molecule has 0 saturated carbocycles. The summed E-state index contributed by atoms with van der Waals surface area (Å²) in [5.41, 5.74) is 4.40. The fourth-order valence-corrected chi connectivity index (χ4v) is 5.01. The highest BCUT2D eigenvalue weighted by Crippen LogP contribution is 2.31. The predicted molar refractivity (Wildman–Crippen MR) is 151 cm³/mol. The van der Waals surface area contributed by atoms with Crippen LogP contribution in [0.15, 0.2) is 106 Å². The van der Waals surface area contributed by atoms with E-state index in [1.165, 1.54) is 11.3 Å². The SMILES string of the molecule is N#C/C(=C\c1cn(-c2ccccc2)nc1-c1ccc(Cl)cc1)c1nc(-c2cc3ccccc3oc2=O)cs1. The average Bonchev–Trinajstić information content (AvgIpc) is 3.60. The third-order valence-electron chi connectivity index (χ3n) is 5.95. The molecule has 0 fully saturated rings. The number of allylic oxidation sites excluding steroid dienone is 1. The van der Waals surface area contributed by atoms with E-state index in [1.54, 1.807) is 40.4 Å². The van der Waals surface area contributed by atoms with Crippen LogP contribution in [0, 0.1) is 11.3 Å². The normalized spacial score (nSPS) is 11.5. The van der Waals surface area contributed by atoms with Gasteiger partial charge in [-0.15, -0.1) is 11.3 Å². The summed E-state index contributed by atoms with van der Waals surface area (Å²) < 4.78 is 7.24. The van der Waals surface area contributed by atoms with Gasteiger partial charge >= 0.3 is 5.63 Å². The molecule has 0 saturated heterocycles. The lowest BCUT2D eigenvalue weighted by atomic mass is 10.1. The molecule has 6 nitrogen and oxygen atoms in total. The van der Waals surface area contributed by atoms with Crippen LogP contribution in [0.25, 0.3) is 50.8 Å². The van der Waals surface area contributed by atoms with Gasteiger partial charge in [0.15, 0.2) is 0 Å². The van der Waals surface area contributed by atoms with Gasteiger partial charge in [0.05, 0.1) is 28.2 Å². The van der Waals surface area contributed by atoms with Gasteiger partial charge in [0.25, 0.3) is 0 Å². The number of fused-ring (bicyclic) bond motifs is 1. The van der Waals surface area contributed by atoms with Gasteiger partial charge in [0, 0.05) is 33.1 Å². The molecule has 3 aromatic heterocycles. The Bertz CT molecular complexity index is 1910. The monoisotopic (exact) mass is 532 g/mol. The van der Waals surface area contributed by atoms with Crippen molar-refractivity contribution in [1.29, 1.82) is 5.26 Å². The van der Waals surface area contributed by atoms with Gasteiger partial charge in [-0.2, -0.15) is 10.4 Å². The molecule has 0 N–H and O–H groups in total. The van der Waals surface area contributed by atoms with E-state index in [0.29, 0.717) is 38.1 Å². The van der Waals surface area contributed by atoms with Crippen LogP contribution in [0.4, 0.5) is 0 Å². The van der Waals surface area contributed by atoms with Gasteiger partial charge in [-0.3, -0.25) is 0 Å². The first-order valence-corrected chi connectivity index (χ1v) is 12.9. The summed E-state index contributed by atoms with van der Waals surface area (Å²) in [4.78, 5) is 17.3. The molecule has 38 heavy (non-hydrogen) atoms. The zero-order chi connectivity index (χ0) is 26.1. The molecule has 0 aliphatic rings. The van der Waals surface area contributed by atoms with Crippen molar-refractivity contribution >= 4 is 45.6 Å². The maximum atomic E-state index is 12.6. The Balaban J connectivity index is 1.44. The van der Waals surface area contributed by atoms with E-state index >= 15 is 0 Å². The van der Waals surface area contributed by atoms with E-state index < -0.39 is 5.63 Å². The molecule has 0 amide bonds. The lowest BCUT2D eigenvalue weighted by Gasteiger charge is -2.01. The Morgan fingerprint density at radius 2 is 1.79 bits per heavy atom. The van der Waals surface area contributed by atoms with Crippen LogP contribution < -0.4 is 5.63 Å². The van der Waals surface area contributed by atoms with Crippen LogP contribution >= 0.6 is 22.9 Å². The molecule has 0 unspecified atom stereocenters. The summed E-state index contributed by atoms with van der Waals surface area (Å²) in [6.07, 6.45) is 3.64. The summed E-state index contributed by atoms with van der Waals surface area (Å²) in [5.74, 6) is 0. The van der Waals surface area contributed by atoms with E-state index in [-0.39, 0.29) is 0 Å². The smallest absolute Gasteiger partial charge is 0.345 e. The minimum atomic E-state index is -0.475. The molecule has 0 aliphatic carbocycles. The molecule has 6 rings (SSSR count). The first-order chi connectivity index (χ1) is 18.6. The number of para-hydroxylation sites is 2. The molecule has 6 aromatic rings. The number of halogens is 1. The van der Waals surface area contributed by atoms with Gasteiger partial charge in [-0.05, 0) is 42.5 Å². The standard InChI is InChI=1S/C30H17ClN4O2S/c31-23-12-10-19(11-13-23)28-22(17-35(34-28)24-7-2-1-3-8-24)14-21(16-32)29-33-26(18-38-29)25-15-20-6-4-5-9-27(20)37-30(25)36/h1-15,17-18H/b21-14+. The molecular formula is C30H17ClN4O2S. The average molecular weight is 533 g/mol. The third-order valence-corrected chi connectivity index (χ3v) is 7.08. The molecule has 182 valence electrons. The predicted octanol–water partition coefficient (Wildman–Crippen LogP) is 7.49. The molecule has 3 heterocycles.